The number of likely N-dealkylation sites (N-methyl/N-ethyl adjacent to an activating group) is 1. The zero-order valence-corrected chi connectivity index (χ0v) is 17.2. The maximum absolute atomic E-state index is 12.7. The highest BCUT2D eigenvalue weighted by Gasteiger charge is 2.21. The second-order valence-corrected chi connectivity index (χ2v) is 6.84. The predicted molar refractivity (Wildman–Crippen MR) is 114 cm³/mol. The van der Waals surface area contributed by atoms with Crippen LogP contribution >= 0.6 is 23.2 Å². The molecule has 0 unspecified atom stereocenters. The average Bonchev–Trinajstić information content (AvgIpc) is 2.65. The minimum atomic E-state index is -0.709. The molecule has 7 nitrogen and oxygen atoms in total. The molecule has 1 amide bonds. The summed E-state index contributed by atoms with van der Waals surface area (Å²) >= 11 is 12.1. The van der Waals surface area contributed by atoms with Crippen molar-refractivity contribution in [3.8, 4) is 0 Å². The van der Waals surface area contributed by atoms with Gasteiger partial charge in [0.05, 0.1) is 10.0 Å². The monoisotopic (exact) mass is 424 g/mol. The van der Waals surface area contributed by atoms with E-state index in [1.807, 2.05) is 6.92 Å². The Bertz CT molecular complexity index is 1010. The molecule has 0 fully saturated rings. The number of amides is 1. The maximum Gasteiger partial charge on any atom is 0.330 e. The van der Waals surface area contributed by atoms with Crippen molar-refractivity contribution in [3.63, 3.8) is 0 Å². The number of hydrogen-bond donors (Lipinski definition) is 2. The lowest BCUT2D eigenvalue weighted by atomic mass is 10.2. The number of nitrogen functional groups attached to an aromatic ring is 1. The van der Waals surface area contributed by atoms with Gasteiger partial charge < -0.3 is 10.6 Å². The summed E-state index contributed by atoms with van der Waals surface area (Å²) in [6.07, 6.45) is 4.35. The fourth-order valence-corrected chi connectivity index (χ4v) is 3.07. The van der Waals surface area contributed by atoms with Gasteiger partial charge in [-0.25, -0.2) is 4.79 Å². The van der Waals surface area contributed by atoms with Gasteiger partial charge >= 0.3 is 5.69 Å². The molecule has 2 aromatic rings. The van der Waals surface area contributed by atoms with E-state index in [0.29, 0.717) is 28.6 Å². The summed E-state index contributed by atoms with van der Waals surface area (Å²) in [5.74, 6) is -0.511. The number of benzene rings is 1. The molecule has 28 heavy (non-hydrogen) atoms. The molecule has 0 radical (unpaired) electrons. The molecule has 150 valence electrons. The van der Waals surface area contributed by atoms with Gasteiger partial charge in [0, 0.05) is 19.2 Å². The van der Waals surface area contributed by atoms with E-state index in [1.54, 1.807) is 25.1 Å². The number of aromatic amines is 1. The Hall–Kier alpha value is -2.51. The molecule has 1 aromatic carbocycles. The molecule has 0 aliphatic heterocycles. The fourth-order valence-electron chi connectivity index (χ4n) is 2.70. The van der Waals surface area contributed by atoms with Crippen LogP contribution in [-0.2, 0) is 11.3 Å². The van der Waals surface area contributed by atoms with Gasteiger partial charge in [0.25, 0.3) is 11.5 Å². The van der Waals surface area contributed by atoms with Crippen molar-refractivity contribution < 1.29 is 4.79 Å². The lowest BCUT2D eigenvalue weighted by Crippen LogP contribution is -2.40. The number of nitrogens with one attached hydrogen (secondary N) is 1. The highest BCUT2D eigenvalue weighted by molar-refractivity contribution is 6.42. The quantitative estimate of drug-likeness (QED) is 0.665. The third-order valence-electron chi connectivity index (χ3n) is 4.19. The largest absolute Gasteiger partial charge is 0.383 e. The lowest BCUT2D eigenvalue weighted by molar-refractivity contribution is -0.114. The number of hydrogen-bond acceptors (Lipinski definition) is 4. The van der Waals surface area contributed by atoms with Gasteiger partial charge in [0.2, 0.25) is 0 Å². The summed E-state index contributed by atoms with van der Waals surface area (Å²) in [6, 6.07) is 5.06. The number of rotatable bonds is 7. The van der Waals surface area contributed by atoms with Crippen molar-refractivity contribution in [2.75, 3.05) is 17.2 Å². The van der Waals surface area contributed by atoms with Gasteiger partial charge in [-0.2, -0.15) is 0 Å². The average molecular weight is 425 g/mol. The molecule has 0 aliphatic carbocycles. The van der Waals surface area contributed by atoms with Crippen LogP contribution in [-0.4, -0.2) is 22.0 Å². The van der Waals surface area contributed by atoms with Crippen LogP contribution in [0.2, 0.25) is 10.0 Å². The number of H-pyrrole nitrogens is 1. The number of unbranched alkanes of at least 4 members (excludes halogenated alkanes) is 1. The second-order valence-electron chi connectivity index (χ2n) is 6.06. The molecule has 0 spiro atoms. The van der Waals surface area contributed by atoms with Gasteiger partial charge in [-0.1, -0.05) is 48.7 Å². The zero-order valence-electron chi connectivity index (χ0n) is 15.7. The van der Waals surface area contributed by atoms with E-state index in [1.165, 1.54) is 21.6 Å². The molecule has 0 saturated carbocycles. The first-order chi connectivity index (χ1) is 13.3. The van der Waals surface area contributed by atoms with Crippen LogP contribution in [0.4, 0.5) is 11.5 Å². The minimum absolute atomic E-state index is 0.0356. The summed E-state index contributed by atoms with van der Waals surface area (Å²) < 4.78 is 1.27. The van der Waals surface area contributed by atoms with E-state index in [0.717, 1.165) is 6.42 Å². The van der Waals surface area contributed by atoms with Crippen molar-refractivity contribution in [1.82, 2.24) is 9.55 Å². The van der Waals surface area contributed by atoms with E-state index in [2.05, 4.69) is 4.98 Å². The number of nitrogens with two attached hydrogens (primary N) is 1. The predicted octanol–water partition coefficient (Wildman–Crippen LogP) is 3.29. The SMILES string of the molecule is CCCCn1c(N)c(N(CC)C(=O)/C=C/c2cccc(Cl)c2Cl)c(=O)[nH]c1=O. The highest BCUT2D eigenvalue weighted by atomic mass is 35.5. The van der Waals surface area contributed by atoms with Gasteiger partial charge in [0.1, 0.15) is 5.82 Å². The van der Waals surface area contributed by atoms with E-state index < -0.39 is 17.2 Å². The van der Waals surface area contributed by atoms with Crippen molar-refractivity contribution in [1.29, 1.82) is 0 Å². The zero-order chi connectivity index (χ0) is 20.8. The summed E-state index contributed by atoms with van der Waals surface area (Å²) in [7, 11) is 0. The van der Waals surface area contributed by atoms with Gasteiger partial charge in [-0.3, -0.25) is 19.1 Å². The first kappa shape index (κ1) is 21.8. The lowest BCUT2D eigenvalue weighted by Gasteiger charge is -2.22. The summed E-state index contributed by atoms with van der Waals surface area (Å²) in [4.78, 5) is 40.6. The van der Waals surface area contributed by atoms with Gasteiger partial charge in [-0.05, 0) is 31.1 Å². The van der Waals surface area contributed by atoms with Gasteiger partial charge in [0.15, 0.2) is 5.69 Å². The van der Waals surface area contributed by atoms with Gasteiger partial charge in [-0.15, -0.1) is 0 Å². The Kier molecular flexibility index (Phi) is 7.48. The maximum atomic E-state index is 12.7. The minimum Gasteiger partial charge on any atom is -0.383 e. The van der Waals surface area contributed by atoms with E-state index in [9.17, 15) is 14.4 Å². The number of anilines is 2. The first-order valence-corrected chi connectivity index (χ1v) is 9.63. The second kappa shape index (κ2) is 9.61. The Morgan fingerprint density at radius 3 is 2.64 bits per heavy atom. The molecule has 0 atom stereocenters. The molecular formula is C19H22Cl2N4O3. The molecular weight excluding hydrogens is 403 g/mol. The molecule has 1 aromatic heterocycles. The summed E-state index contributed by atoms with van der Waals surface area (Å²) in [5, 5.41) is 0.689. The molecule has 0 saturated heterocycles. The Balaban J connectivity index is 2.43. The normalized spacial score (nSPS) is 11.1. The molecule has 0 aliphatic rings. The first-order valence-electron chi connectivity index (χ1n) is 8.87. The van der Waals surface area contributed by atoms with Crippen molar-refractivity contribution in [2.45, 2.75) is 33.2 Å². The van der Waals surface area contributed by atoms with E-state index >= 15 is 0 Å². The third-order valence-corrected chi connectivity index (χ3v) is 5.02. The smallest absolute Gasteiger partial charge is 0.330 e. The van der Waals surface area contributed by atoms with Crippen LogP contribution in [0.3, 0.4) is 0 Å². The van der Waals surface area contributed by atoms with E-state index in [-0.39, 0.29) is 18.1 Å². The van der Waals surface area contributed by atoms with Crippen molar-refractivity contribution in [3.05, 3.63) is 60.7 Å². The van der Waals surface area contributed by atoms with Crippen LogP contribution < -0.4 is 21.9 Å². The molecule has 9 heteroatoms. The van der Waals surface area contributed by atoms with Crippen molar-refractivity contribution >= 4 is 46.7 Å². The number of carbonyl (C=O) groups excluding carboxylic acids is 1. The van der Waals surface area contributed by atoms with Crippen LogP contribution in [0.5, 0.6) is 0 Å². The third kappa shape index (κ3) is 4.66. The summed E-state index contributed by atoms with van der Waals surface area (Å²) in [6.45, 7) is 4.22. The molecule has 0 bridgehead atoms. The number of carbonyl (C=O) groups is 1. The summed E-state index contributed by atoms with van der Waals surface area (Å²) in [5.41, 5.74) is 5.29. The Labute approximate surface area is 172 Å². The van der Waals surface area contributed by atoms with Crippen LogP contribution in [0.15, 0.2) is 33.9 Å². The number of nitrogens with zero attached hydrogens (tertiary/aromatic N) is 2. The van der Waals surface area contributed by atoms with Crippen molar-refractivity contribution in [2.24, 2.45) is 0 Å². The van der Waals surface area contributed by atoms with E-state index in [4.69, 9.17) is 28.9 Å². The Morgan fingerprint density at radius 2 is 2.00 bits per heavy atom. The van der Waals surface area contributed by atoms with Crippen LogP contribution in [0, 0.1) is 0 Å². The fraction of sp³-hybridized carbons (Fsp3) is 0.316. The van der Waals surface area contributed by atoms with Crippen LogP contribution in [0.1, 0.15) is 32.3 Å². The Morgan fingerprint density at radius 1 is 1.29 bits per heavy atom. The highest BCUT2D eigenvalue weighted by Crippen LogP contribution is 2.26. The molecule has 3 N–H and O–H groups in total. The molecule has 2 rings (SSSR count). The number of aromatic nitrogens is 2. The standard InChI is InChI=1S/C19H22Cl2N4O3/c1-3-5-11-25-17(22)16(18(27)23-19(25)28)24(4-2)14(26)10-9-12-7-6-8-13(20)15(12)21/h6-10H,3-5,11,22H2,1-2H3,(H,23,27,28)/b10-9+. The molecule has 1 heterocycles. The van der Waals surface area contributed by atoms with Crippen LogP contribution in [0.25, 0.3) is 6.08 Å². The number of halogens is 2. The topological polar surface area (TPSA) is 101 Å².